The first-order valence-corrected chi connectivity index (χ1v) is 9.18. The molecule has 1 rings (SSSR count). The highest BCUT2D eigenvalue weighted by molar-refractivity contribution is 7.89. The summed E-state index contributed by atoms with van der Waals surface area (Å²) in [5.41, 5.74) is 0.0956. The number of benzene rings is 1. The summed E-state index contributed by atoms with van der Waals surface area (Å²) in [6.07, 6.45) is 1.45. The number of carboxylic acid groups (broad SMARTS) is 1. The van der Waals surface area contributed by atoms with Crippen molar-refractivity contribution in [3.63, 3.8) is 0 Å². The maximum Gasteiger partial charge on any atom is 0.304 e. The van der Waals surface area contributed by atoms with Gasteiger partial charge in [0.15, 0.2) is 0 Å². The third kappa shape index (κ3) is 5.04. The predicted molar refractivity (Wildman–Crippen MR) is 90.4 cm³/mol. The molecule has 0 fully saturated rings. The fourth-order valence-corrected chi connectivity index (χ4v) is 3.46. The summed E-state index contributed by atoms with van der Waals surface area (Å²) >= 11 is 0. The summed E-state index contributed by atoms with van der Waals surface area (Å²) in [5, 5.41) is 8.71. The van der Waals surface area contributed by atoms with Crippen LogP contribution in [0.25, 0.3) is 0 Å². The van der Waals surface area contributed by atoms with Gasteiger partial charge < -0.3 is 10.0 Å². The van der Waals surface area contributed by atoms with E-state index in [1.54, 1.807) is 19.2 Å². The lowest BCUT2D eigenvalue weighted by Crippen LogP contribution is -2.33. The fourth-order valence-electron chi connectivity index (χ4n) is 2.11. The van der Waals surface area contributed by atoms with Crippen LogP contribution in [0.3, 0.4) is 0 Å². The molecule has 0 heterocycles. The second-order valence-electron chi connectivity index (χ2n) is 5.55. The van der Waals surface area contributed by atoms with Crippen LogP contribution in [0.5, 0.6) is 0 Å². The fraction of sp³-hybridized carbons (Fsp3) is 0.500. The van der Waals surface area contributed by atoms with Crippen molar-refractivity contribution in [1.29, 1.82) is 0 Å². The maximum atomic E-state index is 12.7. The molecule has 1 aromatic carbocycles. The molecule has 0 aliphatic rings. The van der Waals surface area contributed by atoms with Crippen LogP contribution in [0, 0.1) is 0 Å². The van der Waals surface area contributed by atoms with Gasteiger partial charge in [-0.05, 0) is 18.6 Å². The van der Waals surface area contributed by atoms with Gasteiger partial charge in [0.2, 0.25) is 10.0 Å². The monoisotopic (exact) mass is 356 g/mol. The molecule has 7 nitrogen and oxygen atoms in total. The minimum absolute atomic E-state index is 0.0956. The molecule has 24 heavy (non-hydrogen) atoms. The lowest BCUT2D eigenvalue weighted by atomic mass is 10.2. The van der Waals surface area contributed by atoms with E-state index >= 15 is 0 Å². The van der Waals surface area contributed by atoms with Crippen LogP contribution in [0.2, 0.25) is 0 Å². The Labute approximate surface area is 142 Å². The highest BCUT2D eigenvalue weighted by Crippen LogP contribution is 2.21. The van der Waals surface area contributed by atoms with Crippen molar-refractivity contribution in [2.45, 2.75) is 31.1 Å². The largest absolute Gasteiger partial charge is 0.481 e. The smallest absolute Gasteiger partial charge is 0.304 e. The maximum absolute atomic E-state index is 12.7. The minimum Gasteiger partial charge on any atom is -0.481 e. The first-order chi connectivity index (χ1) is 11.2. The van der Waals surface area contributed by atoms with E-state index in [1.165, 1.54) is 24.1 Å². The first kappa shape index (κ1) is 20.1. The number of hydrogen-bond acceptors (Lipinski definition) is 4. The van der Waals surface area contributed by atoms with Crippen LogP contribution in [-0.4, -0.2) is 61.8 Å². The molecule has 1 N–H and O–H groups in total. The van der Waals surface area contributed by atoms with Gasteiger partial charge in [-0.2, -0.15) is 0 Å². The van der Waals surface area contributed by atoms with E-state index in [0.717, 1.165) is 17.1 Å². The van der Waals surface area contributed by atoms with Gasteiger partial charge in [0.25, 0.3) is 5.91 Å². The Morgan fingerprint density at radius 2 is 1.75 bits per heavy atom. The molecule has 0 saturated heterocycles. The van der Waals surface area contributed by atoms with Gasteiger partial charge in [0, 0.05) is 27.2 Å². The number of hydrogen-bond donors (Lipinski definition) is 1. The molecule has 0 unspecified atom stereocenters. The Balaban J connectivity index is 3.12. The summed E-state index contributed by atoms with van der Waals surface area (Å²) in [5.74, 6) is -1.45. The minimum atomic E-state index is -3.94. The lowest BCUT2D eigenvalue weighted by molar-refractivity contribution is -0.137. The molecular weight excluding hydrogens is 332 g/mol. The number of carbonyl (C=O) groups excluding carboxylic acids is 1. The zero-order chi connectivity index (χ0) is 18.3. The zero-order valence-electron chi connectivity index (χ0n) is 14.2. The Hall–Kier alpha value is -1.93. The van der Waals surface area contributed by atoms with E-state index in [0.29, 0.717) is 6.54 Å². The number of amides is 1. The SMILES string of the molecule is CCCCN(C)C(=O)c1ccccc1S(=O)(=O)N(C)CCC(=O)O. The molecule has 1 amide bonds. The van der Waals surface area contributed by atoms with E-state index < -0.39 is 16.0 Å². The highest BCUT2D eigenvalue weighted by atomic mass is 32.2. The third-order valence-corrected chi connectivity index (χ3v) is 5.56. The van der Waals surface area contributed by atoms with Crippen molar-refractivity contribution in [2.24, 2.45) is 0 Å². The Kier molecular flexibility index (Phi) is 7.37. The predicted octanol–water partition coefficient (Wildman–Crippen LogP) is 1.65. The summed E-state index contributed by atoms with van der Waals surface area (Å²) in [4.78, 5) is 24.6. The van der Waals surface area contributed by atoms with E-state index in [2.05, 4.69) is 0 Å². The van der Waals surface area contributed by atoms with Crippen molar-refractivity contribution in [3.8, 4) is 0 Å². The van der Waals surface area contributed by atoms with Crippen LogP contribution in [-0.2, 0) is 14.8 Å². The van der Waals surface area contributed by atoms with Crippen molar-refractivity contribution >= 4 is 21.9 Å². The van der Waals surface area contributed by atoms with Gasteiger partial charge in [0.1, 0.15) is 0 Å². The highest BCUT2D eigenvalue weighted by Gasteiger charge is 2.27. The third-order valence-electron chi connectivity index (χ3n) is 3.64. The molecule has 0 aliphatic heterocycles. The van der Waals surface area contributed by atoms with Gasteiger partial charge in [-0.15, -0.1) is 0 Å². The van der Waals surface area contributed by atoms with Gasteiger partial charge >= 0.3 is 5.97 Å². The summed E-state index contributed by atoms with van der Waals surface area (Å²) in [6, 6.07) is 5.99. The van der Waals surface area contributed by atoms with E-state index in [-0.39, 0.29) is 29.3 Å². The second kappa shape index (κ2) is 8.79. The number of unbranched alkanes of at least 4 members (excludes halogenated alkanes) is 1. The average molecular weight is 356 g/mol. The number of sulfonamides is 1. The molecule has 0 aromatic heterocycles. The number of rotatable bonds is 9. The molecular formula is C16H24N2O5S. The molecule has 8 heteroatoms. The van der Waals surface area contributed by atoms with Gasteiger partial charge in [-0.25, -0.2) is 12.7 Å². The topological polar surface area (TPSA) is 95.0 Å². The quantitative estimate of drug-likeness (QED) is 0.726. The van der Waals surface area contributed by atoms with Crippen molar-refractivity contribution in [1.82, 2.24) is 9.21 Å². The number of carboxylic acids is 1. The van der Waals surface area contributed by atoms with Crippen molar-refractivity contribution in [3.05, 3.63) is 29.8 Å². The van der Waals surface area contributed by atoms with E-state index in [9.17, 15) is 18.0 Å². The van der Waals surface area contributed by atoms with E-state index in [1.807, 2.05) is 6.92 Å². The molecule has 0 saturated carbocycles. The molecule has 0 radical (unpaired) electrons. The number of carbonyl (C=O) groups is 2. The van der Waals surface area contributed by atoms with Gasteiger partial charge in [-0.3, -0.25) is 9.59 Å². The van der Waals surface area contributed by atoms with Crippen molar-refractivity contribution < 1.29 is 23.1 Å². The van der Waals surface area contributed by atoms with Gasteiger partial charge in [0.05, 0.1) is 16.9 Å². The Morgan fingerprint density at radius 1 is 1.12 bits per heavy atom. The lowest BCUT2D eigenvalue weighted by Gasteiger charge is -2.21. The molecule has 0 spiro atoms. The standard InChI is InChI=1S/C16H24N2O5S/c1-4-5-11-17(2)16(21)13-8-6-7-9-14(13)24(22,23)18(3)12-10-15(19)20/h6-9H,4-5,10-12H2,1-3H3,(H,19,20). The number of nitrogens with zero attached hydrogens (tertiary/aromatic N) is 2. The van der Waals surface area contributed by atoms with Crippen LogP contribution < -0.4 is 0 Å². The summed E-state index contributed by atoms with van der Waals surface area (Å²) in [7, 11) is -1.00. The Bertz CT molecular complexity index is 687. The molecule has 0 atom stereocenters. The van der Waals surface area contributed by atoms with Crippen molar-refractivity contribution in [2.75, 3.05) is 27.2 Å². The van der Waals surface area contributed by atoms with Crippen LogP contribution in [0.1, 0.15) is 36.5 Å². The summed E-state index contributed by atoms with van der Waals surface area (Å²) in [6.45, 7) is 2.39. The second-order valence-corrected chi connectivity index (χ2v) is 7.56. The molecule has 1 aromatic rings. The molecule has 134 valence electrons. The Morgan fingerprint density at radius 3 is 2.33 bits per heavy atom. The van der Waals surface area contributed by atoms with Crippen LogP contribution in [0.15, 0.2) is 29.2 Å². The molecule has 0 aliphatic carbocycles. The normalized spacial score (nSPS) is 11.5. The first-order valence-electron chi connectivity index (χ1n) is 7.74. The van der Waals surface area contributed by atoms with E-state index in [4.69, 9.17) is 5.11 Å². The van der Waals surface area contributed by atoms with Gasteiger partial charge in [-0.1, -0.05) is 25.5 Å². The summed E-state index contributed by atoms with van der Waals surface area (Å²) < 4.78 is 26.3. The molecule has 0 bridgehead atoms. The van der Waals surface area contributed by atoms with Crippen LogP contribution in [0.4, 0.5) is 0 Å². The van der Waals surface area contributed by atoms with Crippen LogP contribution >= 0.6 is 0 Å². The number of aliphatic carboxylic acids is 1. The average Bonchev–Trinajstić information content (AvgIpc) is 2.56. The zero-order valence-corrected chi connectivity index (χ0v) is 15.0.